The molecule has 2 rings (SSSR count). The first-order valence-corrected chi connectivity index (χ1v) is 7.83. The molecule has 1 aliphatic heterocycles. The number of thiazole rings is 1. The van der Waals surface area contributed by atoms with Crippen LogP contribution in [0.15, 0.2) is 5.38 Å². The average molecular weight is 337 g/mol. The highest BCUT2D eigenvalue weighted by molar-refractivity contribution is 7.13. The summed E-state index contributed by atoms with van der Waals surface area (Å²) in [7, 11) is 0. The van der Waals surface area contributed by atoms with Gasteiger partial charge in [-0.15, -0.1) is 11.3 Å². The number of alkyl halides is 3. The third-order valence-corrected chi connectivity index (χ3v) is 4.52. The number of piperidine rings is 1. The van der Waals surface area contributed by atoms with Gasteiger partial charge in [-0.05, 0) is 38.8 Å². The number of aliphatic hydroxyl groups is 1. The molecule has 2 heterocycles. The maximum atomic E-state index is 12.5. The number of nitrogens with zero attached hydrogens (tertiary/aromatic N) is 2. The number of aliphatic hydroxyl groups excluding tert-OH is 1. The average Bonchev–Trinajstić information content (AvgIpc) is 2.83. The van der Waals surface area contributed by atoms with E-state index in [2.05, 4.69) is 10.3 Å². The Kier molecular flexibility index (Phi) is 5.41. The number of rotatable bonds is 4. The van der Waals surface area contributed by atoms with Crippen LogP contribution in [0.25, 0.3) is 0 Å². The molecule has 1 saturated heterocycles. The van der Waals surface area contributed by atoms with Crippen molar-refractivity contribution >= 4 is 22.4 Å². The number of aryl methyl sites for hydroxylation is 1. The smallest absolute Gasteiger partial charge is 0.383 e. The zero-order valence-electron chi connectivity index (χ0n) is 12.1. The van der Waals surface area contributed by atoms with Gasteiger partial charge in [0.05, 0.1) is 12.2 Å². The number of halogens is 3. The van der Waals surface area contributed by atoms with Crippen molar-refractivity contribution in [3.05, 3.63) is 11.1 Å². The van der Waals surface area contributed by atoms with Crippen molar-refractivity contribution < 1.29 is 23.1 Å². The maximum absolute atomic E-state index is 12.5. The van der Waals surface area contributed by atoms with E-state index in [0.29, 0.717) is 18.2 Å². The Morgan fingerprint density at radius 2 is 2.18 bits per heavy atom. The summed E-state index contributed by atoms with van der Waals surface area (Å²) in [4.78, 5) is 17.8. The van der Waals surface area contributed by atoms with Gasteiger partial charge in [0.25, 0.3) is 0 Å². The minimum absolute atomic E-state index is 0.119. The molecule has 1 atom stereocenters. The molecule has 1 unspecified atom stereocenters. The summed E-state index contributed by atoms with van der Waals surface area (Å²) in [6.45, 7) is 2.67. The van der Waals surface area contributed by atoms with Crippen LogP contribution < -0.4 is 5.32 Å². The predicted octanol–water partition coefficient (Wildman–Crippen LogP) is 2.03. The molecular weight excluding hydrogens is 319 g/mol. The normalized spacial score (nSPS) is 19.1. The summed E-state index contributed by atoms with van der Waals surface area (Å²) in [5.74, 6) is -1.02. The highest BCUT2D eigenvalue weighted by Gasteiger charge is 2.44. The molecule has 1 fully saturated rings. The number of hydrogen-bond donors (Lipinski definition) is 2. The Labute approximate surface area is 130 Å². The van der Waals surface area contributed by atoms with E-state index in [0.717, 1.165) is 5.69 Å². The Hall–Kier alpha value is -1.19. The number of hydrogen-bond acceptors (Lipinski definition) is 5. The van der Waals surface area contributed by atoms with Crippen LogP contribution in [0.1, 0.15) is 18.5 Å². The van der Waals surface area contributed by atoms with Crippen molar-refractivity contribution in [2.75, 3.05) is 25.0 Å². The van der Waals surface area contributed by atoms with Gasteiger partial charge in [-0.2, -0.15) is 13.2 Å². The lowest BCUT2D eigenvalue weighted by atomic mass is 9.91. The molecule has 2 N–H and O–H groups in total. The molecule has 1 aliphatic rings. The number of anilines is 1. The monoisotopic (exact) mass is 337 g/mol. The second-order valence-electron chi connectivity index (χ2n) is 5.44. The van der Waals surface area contributed by atoms with E-state index in [4.69, 9.17) is 0 Å². The first-order valence-electron chi connectivity index (χ1n) is 6.95. The second kappa shape index (κ2) is 6.93. The minimum Gasteiger partial charge on any atom is -0.383 e. The lowest BCUT2D eigenvalue weighted by Gasteiger charge is -2.34. The number of carbonyl (C=O) groups is 1. The molecule has 0 bridgehead atoms. The fraction of sp³-hybridized carbons (Fsp3) is 0.692. The van der Waals surface area contributed by atoms with Crippen LogP contribution in [0.5, 0.6) is 0 Å². The minimum atomic E-state index is -4.58. The van der Waals surface area contributed by atoms with Crippen LogP contribution in [-0.2, 0) is 4.79 Å². The second-order valence-corrected chi connectivity index (χ2v) is 6.30. The molecule has 9 heteroatoms. The van der Waals surface area contributed by atoms with Crippen molar-refractivity contribution in [1.29, 1.82) is 0 Å². The summed E-state index contributed by atoms with van der Waals surface area (Å²) < 4.78 is 37.4. The van der Waals surface area contributed by atoms with Crippen LogP contribution in [-0.4, -0.2) is 52.8 Å². The summed E-state index contributed by atoms with van der Waals surface area (Å²) in [5.41, 5.74) is 0.822. The molecule has 1 amide bonds. The molecule has 22 heavy (non-hydrogen) atoms. The molecule has 0 radical (unpaired) electrons. The van der Waals surface area contributed by atoms with E-state index in [1.165, 1.54) is 11.3 Å². The summed E-state index contributed by atoms with van der Waals surface area (Å²) >= 11 is 1.33. The Morgan fingerprint density at radius 3 is 2.68 bits per heavy atom. The van der Waals surface area contributed by atoms with Gasteiger partial charge in [-0.3, -0.25) is 9.69 Å². The zero-order chi connectivity index (χ0) is 16.3. The van der Waals surface area contributed by atoms with E-state index in [1.54, 1.807) is 4.90 Å². The van der Waals surface area contributed by atoms with Crippen molar-refractivity contribution in [1.82, 2.24) is 9.88 Å². The van der Waals surface area contributed by atoms with E-state index < -0.39 is 18.2 Å². The standard InChI is InChI=1S/C13H18F3N3O2S/c1-8-7-22-12(17-8)18-10(20)6-19-4-2-9(3-5-19)11(21)13(14,15)16/h7,9,11,21H,2-6H2,1H3,(H,17,18,20). The number of carbonyl (C=O) groups excluding carboxylic acids is 1. The molecular formula is C13H18F3N3O2S. The van der Waals surface area contributed by atoms with E-state index >= 15 is 0 Å². The Balaban J connectivity index is 1.76. The van der Waals surface area contributed by atoms with Crippen LogP contribution in [0.3, 0.4) is 0 Å². The van der Waals surface area contributed by atoms with Crippen LogP contribution in [0.4, 0.5) is 18.3 Å². The van der Waals surface area contributed by atoms with Crippen molar-refractivity contribution in [2.45, 2.75) is 32.0 Å². The van der Waals surface area contributed by atoms with Crippen LogP contribution in [0.2, 0.25) is 0 Å². The van der Waals surface area contributed by atoms with Gasteiger partial charge in [-0.25, -0.2) is 4.98 Å². The van der Waals surface area contributed by atoms with Gasteiger partial charge in [0.15, 0.2) is 11.2 Å². The summed E-state index contributed by atoms with van der Waals surface area (Å²) in [6.07, 6.45) is -6.40. The lowest BCUT2D eigenvalue weighted by Crippen LogP contribution is -2.45. The molecule has 0 saturated carbocycles. The molecule has 0 spiro atoms. The van der Waals surface area contributed by atoms with Crippen molar-refractivity contribution in [2.24, 2.45) is 5.92 Å². The van der Waals surface area contributed by atoms with Crippen LogP contribution >= 0.6 is 11.3 Å². The first-order chi connectivity index (χ1) is 10.3. The Morgan fingerprint density at radius 1 is 1.55 bits per heavy atom. The predicted molar refractivity (Wildman–Crippen MR) is 76.7 cm³/mol. The molecule has 124 valence electrons. The molecule has 1 aromatic rings. The van der Waals surface area contributed by atoms with Gasteiger partial charge in [-0.1, -0.05) is 0 Å². The van der Waals surface area contributed by atoms with Gasteiger partial charge in [0, 0.05) is 5.38 Å². The molecule has 5 nitrogen and oxygen atoms in total. The number of amides is 1. The third-order valence-electron chi connectivity index (χ3n) is 3.65. The number of nitrogens with one attached hydrogen (secondary N) is 1. The first kappa shape index (κ1) is 17.2. The Bertz CT molecular complexity index is 513. The lowest BCUT2D eigenvalue weighted by molar-refractivity contribution is -0.223. The van der Waals surface area contributed by atoms with Crippen molar-refractivity contribution in [3.8, 4) is 0 Å². The van der Waals surface area contributed by atoms with Crippen molar-refractivity contribution in [3.63, 3.8) is 0 Å². The number of likely N-dealkylation sites (tertiary alicyclic amines) is 1. The molecule has 0 aliphatic carbocycles. The summed E-state index contributed by atoms with van der Waals surface area (Å²) in [6, 6.07) is 0. The highest BCUT2D eigenvalue weighted by Crippen LogP contribution is 2.31. The van der Waals surface area contributed by atoms with E-state index in [1.807, 2.05) is 12.3 Å². The fourth-order valence-corrected chi connectivity index (χ4v) is 3.17. The number of aromatic nitrogens is 1. The zero-order valence-corrected chi connectivity index (χ0v) is 12.9. The van der Waals surface area contributed by atoms with Gasteiger partial charge in [0.2, 0.25) is 5.91 Å². The van der Waals surface area contributed by atoms with Gasteiger partial charge < -0.3 is 10.4 Å². The van der Waals surface area contributed by atoms with Gasteiger partial charge in [0.1, 0.15) is 0 Å². The fourth-order valence-electron chi connectivity index (χ4n) is 2.47. The quantitative estimate of drug-likeness (QED) is 0.882. The molecule has 1 aromatic heterocycles. The van der Waals surface area contributed by atoms with E-state index in [-0.39, 0.29) is 25.3 Å². The summed E-state index contributed by atoms with van der Waals surface area (Å²) in [5, 5.41) is 14.2. The molecule has 0 aromatic carbocycles. The SMILES string of the molecule is Cc1csc(NC(=O)CN2CCC(C(O)C(F)(F)F)CC2)n1. The van der Waals surface area contributed by atoms with Crippen LogP contribution in [0, 0.1) is 12.8 Å². The third kappa shape index (κ3) is 4.65. The van der Waals surface area contributed by atoms with Gasteiger partial charge >= 0.3 is 6.18 Å². The maximum Gasteiger partial charge on any atom is 0.414 e. The topological polar surface area (TPSA) is 65.5 Å². The van der Waals surface area contributed by atoms with E-state index in [9.17, 15) is 23.1 Å². The highest BCUT2D eigenvalue weighted by atomic mass is 32.1. The largest absolute Gasteiger partial charge is 0.414 e.